The van der Waals surface area contributed by atoms with Gasteiger partial charge in [0.25, 0.3) is 5.91 Å². The monoisotopic (exact) mass is 323 g/mol. The van der Waals surface area contributed by atoms with Crippen LogP contribution in [0.4, 0.5) is 0 Å². The molecule has 3 aromatic rings. The van der Waals surface area contributed by atoms with E-state index in [1.165, 1.54) is 6.21 Å². The number of para-hydroxylation sites is 1. The molecule has 0 fully saturated rings. The molecule has 0 atom stereocenters. The molecule has 0 spiro atoms. The Morgan fingerprint density at radius 1 is 1.25 bits per heavy atom. The topological polar surface area (TPSA) is 75.8 Å². The molecule has 0 bridgehead atoms. The number of carbonyl (C=O) groups is 1. The maximum atomic E-state index is 12.3. The Kier molecular flexibility index (Phi) is 4.20. The molecule has 6 nitrogen and oxygen atoms in total. The predicted molar refractivity (Wildman–Crippen MR) is 92.6 cm³/mol. The fourth-order valence-corrected chi connectivity index (χ4v) is 2.49. The van der Waals surface area contributed by atoms with Crippen molar-refractivity contribution < 1.29 is 14.6 Å². The predicted octanol–water partition coefficient (Wildman–Crippen LogP) is 2.66. The smallest absolute Gasteiger partial charge is 0.287 e. The SMILES string of the molecule is COc1ccc2c(c1)cc(C(=O)NN=Cc1ccccc1O)n2C. The Morgan fingerprint density at radius 2 is 2.04 bits per heavy atom. The number of aryl methyl sites for hydroxylation is 1. The number of methoxy groups -OCH3 is 1. The average Bonchev–Trinajstić information content (AvgIpc) is 2.92. The lowest BCUT2D eigenvalue weighted by molar-refractivity contribution is 0.0947. The first-order valence-electron chi connectivity index (χ1n) is 7.35. The fraction of sp³-hybridized carbons (Fsp3) is 0.111. The number of phenols is 1. The summed E-state index contributed by atoms with van der Waals surface area (Å²) in [6.45, 7) is 0. The third kappa shape index (κ3) is 2.94. The maximum absolute atomic E-state index is 12.3. The summed E-state index contributed by atoms with van der Waals surface area (Å²) in [7, 11) is 3.42. The molecule has 0 aliphatic rings. The van der Waals surface area contributed by atoms with E-state index >= 15 is 0 Å². The number of rotatable bonds is 4. The number of nitrogens with one attached hydrogen (secondary N) is 1. The van der Waals surface area contributed by atoms with Crippen LogP contribution in [0, 0.1) is 0 Å². The number of aromatic nitrogens is 1. The van der Waals surface area contributed by atoms with E-state index in [0.717, 1.165) is 16.7 Å². The molecular weight excluding hydrogens is 306 g/mol. The molecule has 122 valence electrons. The zero-order valence-corrected chi connectivity index (χ0v) is 13.4. The van der Waals surface area contributed by atoms with Crippen molar-refractivity contribution >= 4 is 23.0 Å². The van der Waals surface area contributed by atoms with Gasteiger partial charge in [0.1, 0.15) is 17.2 Å². The van der Waals surface area contributed by atoms with Crippen molar-refractivity contribution in [1.82, 2.24) is 9.99 Å². The second kappa shape index (κ2) is 6.45. The summed E-state index contributed by atoms with van der Waals surface area (Å²) < 4.78 is 6.99. The van der Waals surface area contributed by atoms with Crippen molar-refractivity contribution in [2.45, 2.75) is 0 Å². The van der Waals surface area contributed by atoms with E-state index in [0.29, 0.717) is 11.3 Å². The van der Waals surface area contributed by atoms with Crippen LogP contribution in [0.15, 0.2) is 53.6 Å². The largest absolute Gasteiger partial charge is 0.507 e. The van der Waals surface area contributed by atoms with Gasteiger partial charge in [0.15, 0.2) is 0 Å². The number of ether oxygens (including phenoxy) is 1. The summed E-state index contributed by atoms with van der Waals surface area (Å²) in [6, 6.07) is 14.2. The zero-order chi connectivity index (χ0) is 17.1. The summed E-state index contributed by atoms with van der Waals surface area (Å²) in [6.07, 6.45) is 1.40. The fourth-order valence-electron chi connectivity index (χ4n) is 2.49. The third-order valence-corrected chi connectivity index (χ3v) is 3.79. The number of hydrazone groups is 1. The van der Waals surface area contributed by atoms with Crippen LogP contribution in [0.5, 0.6) is 11.5 Å². The van der Waals surface area contributed by atoms with Crippen molar-refractivity contribution in [3.63, 3.8) is 0 Å². The minimum absolute atomic E-state index is 0.104. The van der Waals surface area contributed by atoms with Crippen LogP contribution >= 0.6 is 0 Å². The quantitative estimate of drug-likeness (QED) is 0.572. The summed E-state index contributed by atoms with van der Waals surface area (Å²) in [5.41, 5.74) is 4.40. The Bertz CT molecular complexity index is 928. The van der Waals surface area contributed by atoms with Gasteiger partial charge in [-0.1, -0.05) is 12.1 Å². The molecule has 0 unspecified atom stereocenters. The Hall–Kier alpha value is -3.28. The van der Waals surface area contributed by atoms with Crippen LogP contribution in [-0.2, 0) is 7.05 Å². The first-order valence-corrected chi connectivity index (χ1v) is 7.35. The van der Waals surface area contributed by atoms with Gasteiger partial charge in [0.05, 0.1) is 13.3 Å². The molecule has 3 rings (SSSR count). The first kappa shape index (κ1) is 15.6. The highest BCUT2D eigenvalue weighted by atomic mass is 16.5. The average molecular weight is 323 g/mol. The van der Waals surface area contributed by atoms with Crippen LogP contribution < -0.4 is 10.2 Å². The molecule has 1 amide bonds. The number of benzene rings is 2. The zero-order valence-electron chi connectivity index (χ0n) is 13.4. The van der Waals surface area contributed by atoms with E-state index in [4.69, 9.17) is 4.74 Å². The highest BCUT2D eigenvalue weighted by Crippen LogP contribution is 2.23. The number of aromatic hydroxyl groups is 1. The van der Waals surface area contributed by atoms with Gasteiger partial charge in [-0.05, 0) is 36.4 Å². The van der Waals surface area contributed by atoms with Gasteiger partial charge >= 0.3 is 0 Å². The van der Waals surface area contributed by atoms with Crippen LogP contribution in [0.3, 0.4) is 0 Å². The van der Waals surface area contributed by atoms with Crippen LogP contribution in [0.2, 0.25) is 0 Å². The first-order chi connectivity index (χ1) is 11.6. The molecule has 6 heteroatoms. The molecule has 2 aromatic carbocycles. The minimum Gasteiger partial charge on any atom is -0.507 e. The van der Waals surface area contributed by atoms with E-state index in [1.807, 2.05) is 25.2 Å². The molecule has 0 radical (unpaired) electrons. The van der Waals surface area contributed by atoms with Gasteiger partial charge in [-0.2, -0.15) is 5.10 Å². The summed E-state index contributed by atoms with van der Waals surface area (Å²) in [5, 5.41) is 14.5. The van der Waals surface area contributed by atoms with Crippen LogP contribution in [-0.4, -0.2) is 28.9 Å². The highest BCUT2D eigenvalue weighted by Gasteiger charge is 2.13. The number of hydrogen-bond donors (Lipinski definition) is 2. The van der Waals surface area contributed by atoms with Crippen molar-refractivity contribution in [3.05, 3.63) is 59.8 Å². The maximum Gasteiger partial charge on any atom is 0.287 e. The minimum atomic E-state index is -0.334. The number of nitrogens with zero attached hydrogens (tertiary/aromatic N) is 2. The molecule has 0 saturated carbocycles. The standard InChI is InChI=1S/C18H17N3O3/c1-21-15-8-7-14(24-2)9-13(15)10-16(21)18(23)20-19-11-12-5-3-4-6-17(12)22/h3-11,22H,1-2H3,(H,20,23). The lowest BCUT2D eigenvalue weighted by atomic mass is 10.2. The summed E-state index contributed by atoms with van der Waals surface area (Å²) >= 11 is 0. The van der Waals surface area contributed by atoms with Gasteiger partial charge in [-0.15, -0.1) is 0 Å². The Balaban J connectivity index is 1.81. The van der Waals surface area contributed by atoms with Gasteiger partial charge in [0.2, 0.25) is 0 Å². The van der Waals surface area contributed by atoms with Crippen LogP contribution in [0.25, 0.3) is 10.9 Å². The molecule has 2 N–H and O–H groups in total. The second-order valence-corrected chi connectivity index (χ2v) is 5.27. The van der Waals surface area contributed by atoms with Crippen molar-refractivity contribution in [2.24, 2.45) is 12.1 Å². The molecule has 0 saturated heterocycles. The number of phenolic OH excluding ortho intramolecular Hbond substituents is 1. The van der Waals surface area contributed by atoms with Gasteiger partial charge in [0, 0.05) is 23.5 Å². The lowest BCUT2D eigenvalue weighted by Crippen LogP contribution is -2.20. The van der Waals surface area contributed by atoms with Gasteiger partial charge in [-0.25, -0.2) is 5.43 Å². The molecule has 24 heavy (non-hydrogen) atoms. The molecular formula is C18H17N3O3. The Morgan fingerprint density at radius 3 is 2.79 bits per heavy atom. The number of carbonyl (C=O) groups excluding carboxylic acids is 1. The van der Waals surface area contributed by atoms with E-state index in [2.05, 4.69) is 10.5 Å². The van der Waals surface area contributed by atoms with E-state index in [1.54, 1.807) is 42.0 Å². The number of hydrogen-bond acceptors (Lipinski definition) is 4. The molecule has 0 aliphatic heterocycles. The molecule has 0 aliphatic carbocycles. The summed E-state index contributed by atoms with van der Waals surface area (Å²) in [4.78, 5) is 12.3. The van der Waals surface area contributed by atoms with Gasteiger partial charge in [-0.3, -0.25) is 4.79 Å². The van der Waals surface area contributed by atoms with E-state index in [-0.39, 0.29) is 11.7 Å². The van der Waals surface area contributed by atoms with E-state index < -0.39 is 0 Å². The third-order valence-electron chi connectivity index (χ3n) is 3.79. The van der Waals surface area contributed by atoms with Crippen LogP contribution in [0.1, 0.15) is 16.1 Å². The lowest BCUT2D eigenvalue weighted by Gasteiger charge is -2.03. The Labute approximate surface area is 139 Å². The van der Waals surface area contributed by atoms with Crippen molar-refractivity contribution in [1.29, 1.82) is 0 Å². The number of fused-ring (bicyclic) bond motifs is 1. The second-order valence-electron chi connectivity index (χ2n) is 5.27. The van der Waals surface area contributed by atoms with E-state index in [9.17, 15) is 9.90 Å². The van der Waals surface area contributed by atoms with Gasteiger partial charge < -0.3 is 14.4 Å². The van der Waals surface area contributed by atoms with Crippen molar-refractivity contribution in [3.8, 4) is 11.5 Å². The number of amides is 1. The van der Waals surface area contributed by atoms with Crippen molar-refractivity contribution in [2.75, 3.05) is 7.11 Å². The highest BCUT2D eigenvalue weighted by molar-refractivity contribution is 5.99. The molecule has 1 aromatic heterocycles. The summed E-state index contributed by atoms with van der Waals surface area (Å²) in [5.74, 6) is 0.504. The normalized spacial score (nSPS) is 11.1. The molecule has 1 heterocycles.